The molecule has 1 amide bonds. The fourth-order valence-corrected chi connectivity index (χ4v) is 2.85. The van der Waals surface area contributed by atoms with Crippen molar-refractivity contribution in [1.29, 1.82) is 0 Å². The van der Waals surface area contributed by atoms with Crippen LogP contribution in [0.3, 0.4) is 0 Å². The maximum Gasteiger partial charge on any atom is 0.387 e. The van der Waals surface area contributed by atoms with E-state index in [1.54, 1.807) is 24.3 Å². The number of hydrogen-bond acceptors (Lipinski definition) is 5. The van der Waals surface area contributed by atoms with Gasteiger partial charge in [-0.1, -0.05) is 12.1 Å². The van der Waals surface area contributed by atoms with Gasteiger partial charge in [-0.2, -0.15) is 8.78 Å². The lowest BCUT2D eigenvalue weighted by molar-refractivity contribution is -0.124. The van der Waals surface area contributed by atoms with Crippen molar-refractivity contribution in [2.24, 2.45) is 0 Å². The number of nitrogens with one attached hydrogen (secondary N) is 1. The molecule has 0 saturated heterocycles. The predicted molar refractivity (Wildman–Crippen MR) is 110 cm³/mol. The van der Waals surface area contributed by atoms with Crippen LogP contribution in [-0.4, -0.2) is 44.7 Å². The highest BCUT2D eigenvalue weighted by Gasteiger charge is 2.11. The van der Waals surface area contributed by atoms with Gasteiger partial charge in [-0.3, -0.25) is 4.79 Å². The molecule has 0 unspecified atom stereocenters. The van der Waals surface area contributed by atoms with Gasteiger partial charge in [0.1, 0.15) is 5.75 Å². The molecule has 0 spiro atoms. The molecule has 2 aromatic rings. The van der Waals surface area contributed by atoms with Gasteiger partial charge in [0.05, 0.1) is 5.56 Å². The van der Waals surface area contributed by atoms with Gasteiger partial charge >= 0.3 is 12.6 Å². The van der Waals surface area contributed by atoms with E-state index in [1.165, 1.54) is 12.1 Å². The molecule has 0 aliphatic heterocycles. The van der Waals surface area contributed by atoms with Gasteiger partial charge in [0.25, 0.3) is 5.91 Å². The summed E-state index contributed by atoms with van der Waals surface area (Å²) < 4.78 is 33.6. The van der Waals surface area contributed by atoms with Crippen molar-refractivity contribution in [3.05, 3.63) is 59.7 Å². The van der Waals surface area contributed by atoms with Crippen LogP contribution in [0.25, 0.3) is 0 Å². The number of anilines is 1. The van der Waals surface area contributed by atoms with E-state index in [-0.39, 0.29) is 12.4 Å². The number of halogens is 2. The third kappa shape index (κ3) is 7.35. The van der Waals surface area contributed by atoms with Crippen LogP contribution in [0.15, 0.2) is 48.5 Å². The van der Waals surface area contributed by atoms with Gasteiger partial charge in [0.2, 0.25) is 0 Å². The van der Waals surface area contributed by atoms with Gasteiger partial charge < -0.3 is 19.7 Å². The highest BCUT2D eigenvalue weighted by atomic mass is 19.3. The Hall–Kier alpha value is -3.16. The second-order valence-corrected chi connectivity index (χ2v) is 6.42. The van der Waals surface area contributed by atoms with Crippen molar-refractivity contribution in [3.63, 3.8) is 0 Å². The van der Waals surface area contributed by atoms with Gasteiger partial charge in [0.15, 0.2) is 6.61 Å². The minimum Gasteiger partial charge on any atom is -0.452 e. The number of nitrogens with zero attached hydrogens (tertiary/aromatic N) is 1. The molecule has 0 aliphatic carbocycles. The van der Waals surface area contributed by atoms with Crippen LogP contribution in [0.2, 0.25) is 0 Å². The van der Waals surface area contributed by atoms with E-state index in [1.807, 2.05) is 12.1 Å². The number of rotatable bonds is 11. The molecule has 0 bridgehead atoms. The maximum absolute atomic E-state index is 12.1. The smallest absolute Gasteiger partial charge is 0.387 e. The highest BCUT2D eigenvalue weighted by Crippen LogP contribution is 2.16. The van der Waals surface area contributed by atoms with Crippen LogP contribution >= 0.6 is 0 Å². The lowest BCUT2D eigenvalue weighted by Crippen LogP contribution is -2.30. The summed E-state index contributed by atoms with van der Waals surface area (Å²) in [6, 6.07) is 13.2. The van der Waals surface area contributed by atoms with Crippen LogP contribution in [0.5, 0.6) is 5.75 Å². The monoisotopic (exact) mass is 420 g/mol. The van der Waals surface area contributed by atoms with Crippen molar-refractivity contribution in [1.82, 2.24) is 5.32 Å². The Balaban J connectivity index is 1.72. The van der Waals surface area contributed by atoms with Gasteiger partial charge in [-0.05, 0) is 62.2 Å². The Morgan fingerprint density at radius 3 is 2.20 bits per heavy atom. The summed E-state index contributed by atoms with van der Waals surface area (Å²) in [7, 11) is 0. The molecule has 30 heavy (non-hydrogen) atoms. The standard InChI is InChI=1S/C22H26F2N2O4/c1-3-26(4-2)18-9-7-17(8-10-18)21(28)29-15-20(27)25-14-13-16-5-11-19(12-6-16)30-22(23)24/h5-12,22H,3-4,13-15H2,1-2H3,(H,25,27). The summed E-state index contributed by atoms with van der Waals surface area (Å²) in [6.07, 6.45) is 0.501. The summed E-state index contributed by atoms with van der Waals surface area (Å²) in [6.45, 7) is 2.94. The number of hydrogen-bond donors (Lipinski definition) is 1. The molecule has 6 nitrogen and oxygen atoms in total. The first-order valence-electron chi connectivity index (χ1n) is 9.75. The lowest BCUT2D eigenvalue weighted by atomic mass is 10.1. The summed E-state index contributed by atoms with van der Waals surface area (Å²) >= 11 is 0. The van der Waals surface area contributed by atoms with Crippen molar-refractivity contribution < 1.29 is 27.8 Å². The summed E-state index contributed by atoms with van der Waals surface area (Å²) in [5, 5.41) is 2.65. The average molecular weight is 420 g/mol. The zero-order chi connectivity index (χ0) is 21.9. The molecular formula is C22H26F2N2O4. The minimum atomic E-state index is -2.86. The Morgan fingerprint density at radius 2 is 1.63 bits per heavy atom. The van der Waals surface area contributed by atoms with Crippen LogP contribution in [-0.2, 0) is 16.0 Å². The van der Waals surface area contributed by atoms with Gasteiger partial charge in [-0.15, -0.1) is 0 Å². The summed E-state index contributed by atoms with van der Waals surface area (Å²) in [5.74, 6) is -0.901. The normalized spacial score (nSPS) is 10.6. The number of alkyl halides is 2. The summed E-state index contributed by atoms with van der Waals surface area (Å²) in [4.78, 5) is 26.1. The van der Waals surface area contributed by atoms with E-state index in [0.29, 0.717) is 18.5 Å². The fourth-order valence-electron chi connectivity index (χ4n) is 2.85. The zero-order valence-corrected chi connectivity index (χ0v) is 17.1. The molecule has 0 atom stereocenters. The molecule has 0 radical (unpaired) electrons. The van der Waals surface area contributed by atoms with Crippen LogP contribution < -0.4 is 15.0 Å². The van der Waals surface area contributed by atoms with E-state index in [4.69, 9.17) is 4.74 Å². The quantitative estimate of drug-likeness (QED) is 0.562. The SMILES string of the molecule is CCN(CC)c1ccc(C(=O)OCC(=O)NCCc2ccc(OC(F)F)cc2)cc1. The predicted octanol–water partition coefficient (Wildman–Crippen LogP) is 3.65. The minimum absolute atomic E-state index is 0.0785. The molecule has 8 heteroatoms. The van der Waals surface area contributed by atoms with E-state index in [2.05, 4.69) is 28.8 Å². The zero-order valence-electron chi connectivity index (χ0n) is 17.1. The lowest BCUT2D eigenvalue weighted by Gasteiger charge is -2.20. The van der Waals surface area contributed by atoms with Crippen molar-refractivity contribution in [2.75, 3.05) is 31.1 Å². The Morgan fingerprint density at radius 1 is 1.00 bits per heavy atom. The number of carbonyl (C=O) groups is 2. The molecule has 162 valence electrons. The second kappa shape index (κ2) is 11.7. The Kier molecular flexibility index (Phi) is 9.05. The average Bonchev–Trinajstić information content (AvgIpc) is 2.74. The number of ether oxygens (including phenoxy) is 2. The van der Waals surface area contributed by atoms with Crippen molar-refractivity contribution >= 4 is 17.6 Å². The number of benzene rings is 2. The molecule has 0 heterocycles. The first-order valence-corrected chi connectivity index (χ1v) is 9.75. The molecule has 0 aliphatic rings. The van der Waals surface area contributed by atoms with E-state index in [0.717, 1.165) is 24.3 Å². The van der Waals surface area contributed by atoms with E-state index in [9.17, 15) is 18.4 Å². The molecule has 0 saturated carbocycles. The first kappa shape index (κ1) is 23.1. The Bertz CT molecular complexity index is 807. The molecule has 1 N–H and O–H groups in total. The van der Waals surface area contributed by atoms with Crippen LogP contribution in [0.4, 0.5) is 14.5 Å². The van der Waals surface area contributed by atoms with Gasteiger partial charge in [-0.25, -0.2) is 4.79 Å². The van der Waals surface area contributed by atoms with Crippen LogP contribution in [0, 0.1) is 0 Å². The topological polar surface area (TPSA) is 67.9 Å². The van der Waals surface area contributed by atoms with Gasteiger partial charge in [0, 0.05) is 25.3 Å². The molecule has 0 aromatic heterocycles. The largest absolute Gasteiger partial charge is 0.452 e. The number of esters is 1. The first-order chi connectivity index (χ1) is 14.4. The third-order valence-electron chi connectivity index (χ3n) is 4.45. The highest BCUT2D eigenvalue weighted by molar-refractivity contribution is 5.91. The third-order valence-corrected chi connectivity index (χ3v) is 4.45. The Labute approximate surface area is 174 Å². The molecule has 2 aromatic carbocycles. The number of amides is 1. The van der Waals surface area contributed by atoms with Crippen molar-refractivity contribution in [3.8, 4) is 5.75 Å². The summed E-state index contributed by atoms with van der Waals surface area (Å²) in [5.41, 5.74) is 2.25. The van der Waals surface area contributed by atoms with E-state index >= 15 is 0 Å². The van der Waals surface area contributed by atoms with Crippen molar-refractivity contribution in [2.45, 2.75) is 26.9 Å². The molecular weight excluding hydrogens is 394 g/mol. The fraction of sp³-hybridized carbons (Fsp3) is 0.364. The van der Waals surface area contributed by atoms with Crippen LogP contribution in [0.1, 0.15) is 29.8 Å². The number of carbonyl (C=O) groups excluding carboxylic acids is 2. The van der Waals surface area contributed by atoms with E-state index < -0.39 is 18.5 Å². The second-order valence-electron chi connectivity index (χ2n) is 6.42. The molecule has 2 rings (SSSR count). The molecule has 0 fully saturated rings. The maximum atomic E-state index is 12.1.